The van der Waals surface area contributed by atoms with Gasteiger partial charge in [0.25, 0.3) is 11.8 Å². The number of carbonyl (C=O) groups excluding carboxylic acids is 2. The molecule has 32 heavy (non-hydrogen) atoms. The third-order valence-corrected chi connectivity index (χ3v) is 5.47. The molecule has 1 fully saturated rings. The number of ether oxygens (including phenoxy) is 1. The van der Waals surface area contributed by atoms with Gasteiger partial charge >= 0.3 is 0 Å². The van der Waals surface area contributed by atoms with Gasteiger partial charge in [-0.2, -0.15) is 0 Å². The van der Waals surface area contributed by atoms with E-state index in [0.29, 0.717) is 18.0 Å². The second kappa shape index (κ2) is 10.6. The van der Waals surface area contributed by atoms with Gasteiger partial charge in [0.15, 0.2) is 12.4 Å². The molecule has 0 bridgehead atoms. The Morgan fingerprint density at radius 2 is 1.81 bits per heavy atom. The van der Waals surface area contributed by atoms with Gasteiger partial charge in [-0.05, 0) is 55.8 Å². The van der Waals surface area contributed by atoms with Crippen molar-refractivity contribution in [3.63, 3.8) is 0 Å². The molecule has 2 heterocycles. The molecular formula is C25H27N3O4. The van der Waals surface area contributed by atoms with Gasteiger partial charge in [-0.25, -0.2) is 0 Å². The summed E-state index contributed by atoms with van der Waals surface area (Å²) >= 11 is 0. The van der Waals surface area contributed by atoms with E-state index in [1.165, 1.54) is 24.7 Å². The smallest absolute Gasteiger partial charge is 0.291 e. The van der Waals surface area contributed by atoms with E-state index in [4.69, 9.17) is 9.15 Å². The summed E-state index contributed by atoms with van der Waals surface area (Å²) in [4.78, 5) is 27.0. The van der Waals surface area contributed by atoms with Crippen LogP contribution in [0.1, 0.15) is 35.0 Å². The Bertz CT molecular complexity index is 1010. The summed E-state index contributed by atoms with van der Waals surface area (Å²) in [7, 11) is 0. The predicted molar refractivity (Wildman–Crippen MR) is 122 cm³/mol. The molecule has 1 atom stereocenters. The quantitative estimate of drug-likeness (QED) is 0.535. The summed E-state index contributed by atoms with van der Waals surface area (Å²) in [6.07, 6.45) is 3.82. The molecule has 2 N–H and O–H groups in total. The molecule has 0 saturated carbocycles. The zero-order valence-electron chi connectivity index (χ0n) is 17.8. The highest BCUT2D eigenvalue weighted by Crippen LogP contribution is 2.24. The van der Waals surface area contributed by atoms with Crippen molar-refractivity contribution >= 4 is 17.5 Å². The molecule has 7 nitrogen and oxygen atoms in total. The first-order valence-corrected chi connectivity index (χ1v) is 10.8. The van der Waals surface area contributed by atoms with Crippen molar-refractivity contribution < 1.29 is 18.7 Å². The fraction of sp³-hybridized carbons (Fsp3) is 0.280. The molecule has 166 valence electrons. The second-order valence-corrected chi connectivity index (χ2v) is 7.72. The van der Waals surface area contributed by atoms with Crippen LogP contribution in [0.5, 0.6) is 5.75 Å². The van der Waals surface area contributed by atoms with Gasteiger partial charge in [0.05, 0.1) is 12.3 Å². The highest BCUT2D eigenvalue weighted by atomic mass is 16.5. The molecule has 1 aromatic heterocycles. The highest BCUT2D eigenvalue weighted by molar-refractivity contribution is 6.02. The Balaban J connectivity index is 1.29. The number of anilines is 1. The first-order valence-electron chi connectivity index (χ1n) is 10.8. The van der Waals surface area contributed by atoms with Crippen LogP contribution in [0, 0.1) is 0 Å². The number of hydrogen-bond donors (Lipinski definition) is 2. The molecule has 7 heteroatoms. The van der Waals surface area contributed by atoms with Gasteiger partial charge in [-0.3, -0.25) is 14.5 Å². The van der Waals surface area contributed by atoms with Crippen LogP contribution in [0.3, 0.4) is 0 Å². The Labute approximate surface area is 187 Å². The lowest BCUT2D eigenvalue weighted by molar-refractivity contribution is -0.123. The van der Waals surface area contributed by atoms with Crippen LogP contribution in [0.2, 0.25) is 0 Å². The minimum atomic E-state index is -0.348. The summed E-state index contributed by atoms with van der Waals surface area (Å²) in [5.41, 5.74) is 1.76. The SMILES string of the molecule is O=C(COc1cccc(NC(=O)c2ccco2)c1)NCC(c1ccccc1)N1CCCC1. The highest BCUT2D eigenvalue weighted by Gasteiger charge is 2.23. The standard InChI is InChI=1S/C25H27N3O4/c29-24(26-17-22(28-13-4-5-14-28)19-8-2-1-3-9-19)18-32-21-11-6-10-20(16-21)27-25(30)23-12-7-15-31-23/h1-3,6-12,15-16,22H,4-5,13-14,17-18H2,(H,26,29)(H,27,30). The van der Waals surface area contributed by atoms with Gasteiger partial charge < -0.3 is 19.8 Å². The number of rotatable bonds is 9. The molecule has 1 saturated heterocycles. The number of benzene rings is 2. The van der Waals surface area contributed by atoms with Crippen LogP contribution in [-0.2, 0) is 4.79 Å². The largest absolute Gasteiger partial charge is 0.484 e. The number of furan rings is 1. The average Bonchev–Trinajstić information content (AvgIpc) is 3.54. The molecule has 2 aromatic carbocycles. The molecule has 0 aliphatic carbocycles. The summed E-state index contributed by atoms with van der Waals surface area (Å²) < 4.78 is 10.7. The zero-order valence-corrected chi connectivity index (χ0v) is 17.8. The maximum Gasteiger partial charge on any atom is 0.291 e. The summed E-state index contributed by atoms with van der Waals surface area (Å²) in [5, 5.41) is 5.75. The molecule has 1 unspecified atom stereocenters. The van der Waals surface area contributed by atoms with E-state index in [9.17, 15) is 9.59 Å². The van der Waals surface area contributed by atoms with E-state index < -0.39 is 0 Å². The molecule has 0 radical (unpaired) electrons. The Morgan fingerprint density at radius 1 is 1.00 bits per heavy atom. The van der Waals surface area contributed by atoms with E-state index in [-0.39, 0.29) is 30.2 Å². The van der Waals surface area contributed by atoms with Gasteiger partial charge in [0, 0.05) is 18.3 Å². The fourth-order valence-corrected chi connectivity index (χ4v) is 3.86. The summed E-state index contributed by atoms with van der Waals surface area (Å²) in [5.74, 6) is 0.187. The van der Waals surface area contributed by atoms with Crippen molar-refractivity contribution in [3.8, 4) is 5.75 Å². The van der Waals surface area contributed by atoms with E-state index in [2.05, 4.69) is 27.7 Å². The molecular weight excluding hydrogens is 406 g/mol. The summed E-state index contributed by atoms with van der Waals surface area (Å²) in [6.45, 7) is 2.52. The number of nitrogens with zero attached hydrogens (tertiary/aromatic N) is 1. The van der Waals surface area contributed by atoms with Gasteiger partial charge in [0.1, 0.15) is 5.75 Å². The topological polar surface area (TPSA) is 83.8 Å². The van der Waals surface area contributed by atoms with E-state index in [1.807, 2.05) is 18.2 Å². The lowest BCUT2D eigenvalue weighted by atomic mass is 10.1. The minimum Gasteiger partial charge on any atom is -0.484 e. The summed E-state index contributed by atoms with van der Waals surface area (Å²) in [6, 6.07) is 20.6. The number of nitrogens with one attached hydrogen (secondary N) is 2. The van der Waals surface area contributed by atoms with Crippen LogP contribution < -0.4 is 15.4 Å². The fourth-order valence-electron chi connectivity index (χ4n) is 3.86. The first-order chi connectivity index (χ1) is 15.7. The third-order valence-electron chi connectivity index (χ3n) is 5.47. The van der Waals surface area contributed by atoms with Crippen molar-refractivity contribution in [2.45, 2.75) is 18.9 Å². The first kappa shape index (κ1) is 21.6. The maximum absolute atomic E-state index is 12.4. The monoisotopic (exact) mass is 433 g/mol. The lowest BCUT2D eigenvalue weighted by Crippen LogP contribution is -2.38. The van der Waals surface area contributed by atoms with Crippen LogP contribution >= 0.6 is 0 Å². The molecule has 4 rings (SSSR count). The van der Waals surface area contributed by atoms with Crippen molar-refractivity contribution in [2.24, 2.45) is 0 Å². The molecule has 0 spiro atoms. The molecule has 1 aliphatic heterocycles. The number of likely N-dealkylation sites (tertiary alicyclic amines) is 1. The van der Waals surface area contributed by atoms with Crippen LogP contribution in [0.15, 0.2) is 77.4 Å². The van der Waals surface area contributed by atoms with Gasteiger partial charge in [-0.15, -0.1) is 0 Å². The Morgan fingerprint density at radius 3 is 2.56 bits per heavy atom. The average molecular weight is 434 g/mol. The van der Waals surface area contributed by atoms with Crippen molar-refractivity contribution in [3.05, 3.63) is 84.3 Å². The molecule has 3 aromatic rings. The van der Waals surface area contributed by atoms with Crippen molar-refractivity contribution in [2.75, 3.05) is 31.6 Å². The third kappa shape index (κ3) is 5.76. The second-order valence-electron chi connectivity index (χ2n) is 7.72. The Kier molecular flexibility index (Phi) is 7.19. The van der Waals surface area contributed by atoms with Gasteiger partial charge in [-0.1, -0.05) is 36.4 Å². The zero-order chi connectivity index (χ0) is 22.2. The number of carbonyl (C=O) groups is 2. The van der Waals surface area contributed by atoms with E-state index in [1.54, 1.807) is 36.4 Å². The Hall–Kier alpha value is -3.58. The van der Waals surface area contributed by atoms with Crippen LogP contribution in [-0.4, -0.2) is 43.0 Å². The van der Waals surface area contributed by atoms with Crippen LogP contribution in [0.25, 0.3) is 0 Å². The van der Waals surface area contributed by atoms with Crippen molar-refractivity contribution in [1.82, 2.24) is 10.2 Å². The van der Waals surface area contributed by atoms with Gasteiger partial charge in [0.2, 0.25) is 0 Å². The van der Waals surface area contributed by atoms with E-state index in [0.717, 1.165) is 13.1 Å². The number of amides is 2. The lowest BCUT2D eigenvalue weighted by Gasteiger charge is -2.28. The van der Waals surface area contributed by atoms with Crippen molar-refractivity contribution in [1.29, 1.82) is 0 Å². The number of hydrogen-bond acceptors (Lipinski definition) is 5. The predicted octanol–water partition coefficient (Wildman–Crippen LogP) is 3.86. The van der Waals surface area contributed by atoms with E-state index >= 15 is 0 Å². The molecule has 2 amide bonds. The normalized spacial score (nSPS) is 14.6. The van der Waals surface area contributed by atoms with Crippen LogP contribution in [0.4, 0.5) is 5.69 Å². The minimum absolute atomic E-state index is 0.100. The molecule has 1 aliphatic rings. The maximum atomic E-state index is 12.4.